The lowest BCUT2D eigenvalue weighted by molar-refractivity contribution is 0.176. The Labute approximate surface area is 280 Å². The average molecular weight is 659 g/mol. The molecule has 0 saturated heterocycles. The molecule has 0 aliphatic heterocycles. The zero-order valence-corrected chi connectivity index (χ0v) is 31.0. The Balaban J connectivity index is 1.77. The average Bonchev–Trinajstić information content (AvgIpc) is 3.47. The normalized spacial score (nSPS) is 11.6. The highest BCUT2D eigenvalue weighted by Gasteiger charge is 2.06. The Kier molecular flexibility index (Phi) is 33.6. The van der Waals surface area contributed by atoms with Gasteiger partial charge in [-0.25, -0.2) is 0 Å². The van der Waals surface area contributed by atoms with Crippen molar-refractivity contribution < 1.29 is 9.47 Å². The van der Waals surface area contributed by atoms with Crippen molar-refractivity contribution >= 4 is 34.9 Å². The molecule has 0 aliphatic carbocycles. The van der Waals surface area contributed by atoms with Gasteiger partial charge in [0, 0.05) is 13.2 Å². The highest BCUT2D eigenvalue weighted by atomic mass is 32.2. The summed E-state index contributed by atoms with van der Waals surface area (Å²) in [5, 5.41) is 8.59. The fourth-order valence-corrected chi connectivity index (χ4v) is 7.92. The zero-order valence-electron chi connectivity index (χ0n) is 28.6. The van der Waals surface area contributed by atoms with E-state index in [2.05, 4.69) is 24.0 Å². The van der Waals surface area contributed by atoms with Crippen molar-refractivity contribution in [2.24, 2.45) is 0 Å². The molecular formula is C36H70N2O2S3. The number of hydrogen-bond acceptors (Lipinski definition) is 7. The van der Waals surface area contributed by atoms with E-state index in [-0.39, 0.29) is 0 Å². The molecule has 0 bridgehead atoms. The van der Waals surface area contributed by atoms with Crippen molar-refractivity contribution in [2.75, 3.05) is 25.1 Å². The number of aromatic nitrogens is 2. The molecule has 0 aromatic carbocycles. The van der Waals surface area contributed by atoms with Gasteiger partial charge in [-0.1, -0.05) is 216 Å². The molecule has 1 rings (SSSR count). The van der Waals surface area contributed by atoms with E-state index < -0.39 is 0 Å². The largest absolute Gasteiger partial charge is 0.370 e. The first-order valence-corrected chi connectivity index (χ1v) is 21.4. The Morgan fingerprint density at radius 2 is 0.651 bits per heavy atom. The van der Waals surface area contributed by atoms with Crippen molar-refractivity contribution in [2.45, 2.75) is 202 Å². The highest BCUT2D eigenvalue weighted by molar-refractivity contribution is 8.03. The maximum absolute atomic E-state index is 5.82. The van der Waals surface area contributed by atoms with Gasteiger partial charge in [-0.15, -0.1) is 10.2 Å². The van der Waals surface area contributed by atoms with Crippen molar-refractivity contribution in [3.8, 4) is 0 Å². The lowest BCUT2D eigenvalue weighted by Gasteiger charge is -2.04. The third kappa shape index (κ3) is 30.6. The van der Waals surface area contributed by atoms with Crippen LogP contribution >= 0.6 is 34.9 Å². The number of thioether (sulfide) groups is 2. The van der Waals surface area contributed by atoms with E-state index in [1.165, 1.54) is 180 Å². The van der Waals surface area contributed by atoms with Gasteiger partial charge >= 0.3 is 0 Å². The molecule has 0 radical (unpaired) electrons. The number of ether oxygens (including phenoxy) is 2. The quantitative estimate of drug-likeness (QED) is 0.0406. The molecular weight excluding hydrogens is 589 g/mol. The molecule has 7 heteroatoms. The van der Waals surface area contributed by atoms with Crippen molar-refractivity contribution in [1.29, 1.82) is 0 Å². The van der Waals surface area contributed by atoms with Crippen LogP contribution in [0.2, 0.25) is 0 Å². The minimum absolute atomic E-state index is 0.674. The first-order chi connectivity index (χ1) is 21.4. The van der Waals surface area contributed by atoms with Crippen LogP contribution in [0.5, 0.6) is 0 Å². The van der Waals surface area contributed by atoms with E-state index in [0.717, 1.165) is 21.9 Å². The van der Waals surface area contributed by atoms with E-state index in [4.69, 9.17) is 9.47 Å². The van der Waals surface area contributed by atoms with Gasteiger partial charge in [-0.05, 0) is 12.8 Å². The standard InChI is InChI=1S/C36H70N2O2S3/c1-3-5-7-9-11-13-15-17-19-21-23-25-27-29-31-39-33-41-35-37-38-36(43-35)42-34-40-32-30-28-26-24-22-20-18-16-14-12-10-8-6-4-2/h3-34H2,1-2H3. The third-order valence-corrected chi connectivity index (χ3v) is 11.1. The molecule has 1 aromatic heterocycles. The van der Waals surface area contributed by atoms with Crippen LogP contribution in [0, 0.1) is 0 Å². The van der Waals surface area contributed by atoms with Crippen LogP contribution in [0.25, 0.3) is 0 Å². The summed E-state index contributed by atoms with van der Waals surface area (Å²) in [5.74, 6) is 1.35. The van der Waals surface area contributed by atoms with Crippen LogP contribution < -0.4 is 0 Å². The van der Waals surface area contributed by atoms with E-state index in [1.54, 1.807) is 34.9 Å². The van der Waals surface area contributed by atoms with Gasteiger partial charge in [0.2, 0.25) is 0 Å². The molecule has 1 heterocycles. The summed E-state index contributed by atoms with van der Waals surface area (Å²) < 4.78 is 13.6. The van der Waals surface area contributed by atoms with Gasteiger partial charge in [-0.3, -0.25) is 0 Å². The van der Waals surface area contributed by atoms with Crippen molar-refractivity contribution in [3.05, 3.63) is 0 Å². The summed E-state index contributed by atoms with van der Waals surface area (Å²) >= 11 is 4.98. The van der Waals surface area contributed by atoms with Gasteiger partial charge in [0.1, 0.15) is 0 Å². The first-order valence-electron chi connectivity index (χ1n) is 18.6. The number of unbranched alkanes of at least 4 members (excludes halogenated alkanes) is 26. The lowest BCUT2D eigenvalue weighted by atomic mass is 10.0. The van der Waals surface area contributed by atoms with Gasteiger partial charge in [-0.2, -0.15) is 0 Å². The minimum atomic E-state index is 0.674. The van der Waals surface area contributed by atoms with Crippen molar-refractivity contribution in [1.82, 2.24) is 10.2 Å². The summed E-state index contributed by atoms with van der Waals surface area (Å²) in [4.78, 5) is 0. The second-order valence-corrected chi connectivity index (χ2v) is 15.7. The monoisotopic (exact) mass is 658 g/mol. The lowest BCUT2D eigenvalue weighted by Crippen LogP contribution is -1.94. The van der Waals surface area contributed by atoms with Crippen molar-refractivity contribution in [3.63, 3.8) is 0 Å². The summed E-state index contributed by atoms with van der Waals surface area (Å²) in [6.45, 7) is 6.30. The fourth-order valence-electron chi connectivity index (χ4n) is 5.41. The van der Waals surface area contributed by atoms with Gasteiger partial charge < -0.3 is 9.47 Å². The third-order valence-electron chi connectivity index (χ3n) is 8.20. The van der Waals surface area contributed by atoms with Crippen LogP contribution in [-0.4, -0.2) is 35.3 Å². The summed E-state index contributed by atoms with van der Waals surface area (Å²) in [5.41, 5.74) is 0. The second-order valence-electron chi connectivity index (χ2n) is 12.4. The predicted molar refractivity (Wildman–Crippen MR) is 194 cm³/mol. The first kappa shape index (κ1) is 41.2. The molecule has 0 N–H and O–H groups in total. The Bertz CT molecular complexity index is 610. The van der Waals surface area contributed by atoms with Gasteiger partial charge in [0.15, 0.2) is 8.68 Å². The van der Waals surface area contributed by atoms with E-state index in [0.29, 0.717) is 11.9 Å². The SMILES string of the molecule is CCCCCCCCCCCCCCCCOCSc1nnc(SCOCCCCCCCCCCCCCCCC)s1. The molecule has 4 nitrogen and oxygen atoms in total. The molecule has 0 atom stereocenters. The molecule has 0 spiro atoms. The van der Waals surface area contributed by atoms with Crippen LogP contribution in [0.4, 0.5) is 0 Å². The minimum Gasteiger partial charge on any atom is -0.370 e. The molecule has 0 amide bonds. The molecule has 43 heavy (non-hydrogen) atoms. The van der Waals surface area contributed by atoms with Crippen LogP contribution in [0.3, 0.4) is 0 Å². The second kappa shape index (κ2) is 35.0. The summed E-state index contributed by atoms with van der Waals surface area (Å²) in [6.07, 6.45) is 39.0. The molecule has 0 saturated carbocycles. The summed E-state index contributed by atoms with van der Waals surface area (Å²) in [6, 6.07) is 0. The molecule has 254 valence electrons. The molecule has 1 aromatic rings. The number of nitrogens with zero attached hydrogens (tertiary/aromatic N) is 2. The Hall–Kier alpha value is 0.180. The maximum Gasteiger partial charge on any atom is 0.177 e. The predicted octanol–water partition coefficient (Wildman–Crippen LogP) is 13.6. The molecule has 0 unspecified atom stereocenters. The van der Waals surface area contributed by atoms with Crippen LogP contribution in [0.15, 0.2) is 8.68 Å². The number of rotatable bonds is 36. The van der Waals surface area contributed by atoms with Crippen LogP contribution in [0.1, 0.15) is 194 Å². The highest BCUT2D eigenvalue weighted by Crippen LogP contribution is 2.29. The van der Waals surface area contributed by atoms with Gasteiger partial charge in [0.05, 0.1) is 11.9 Å². The van der Waals surface area contributed by atoms with Gasteiger partial charge in [0.25, 0.3) is 0 Å². The topological polar surface area (TPSA) is 44.2 Å². The van der Waals surface area contributed by atoms with E-state index in [1.807, 2.05) is 0 Å². The maximum atomic E-state index is 5.82. The van der Waals surface area contributed by atoms with E-state index in [9.17, 15) is 0 Å². The van der Waals surface area contributed by atoms with Crippen LogP contribution in [-0.2, 0) is 9.47 Å². The number of hydrogen-bond donors (Lipinski definition) is 0. The summed E-state index contributed by atoms with van der Waals surface area (Å²) in [7, 11) is 0. The Morgan fingerprint density at radius 3 is 0.930 bits per heavy atom. The smallest absolute Gasteiger partial charge is 0.177 e. The molecule has 0 aliphatic rings. The Morgan fingerprint density at radius 1 is 0.395 bits per heavy atom. The fraction of sp³-hybridized carbons (Fsp3) is 0.944. The molecule has 0 fully saturated rings. The van der Waals surface area contributed by atoms with E-state index >= 15 is 0 Å². The zero-order chi connectivity index (χ0) is 30.7.